The molecule has 0 aromatic carbocycles. The molecule has 2 nitrogen and oxygen atoms in total. The lowest BCUT2D eigenvalue weighted by Crippen LogP contribution is -2.17. The third-order valence-corrected chi connectivity index (χ3v) is 1.89. The van der Waals surface area contributed by atoms with Gasteiger partial charge in [-0.25, -0.2) is 0 Å². The van der Waals surface area contributed by atoms with Crippen LogP contribution >= 0.6 is 12.6 Å². The first-order valence-electron chi connectivity index (χ1n) is 2.74. The van der Waals surface area contributed by atoms with Crippen LogP contribution in [0.5, 0.6) is 0 Å². The Morgan fingerprint density at radius 2 is 1.50 bits per heavy atom. The van der Waals surface area contributed by atoms with Crippen molar-refractivity contribution in [3.05, 3.63) is 0 Å². The molecule has 0 radical (unpaired) electrons. The van der Waals surface area contributed by atoms with E-state index in [0.29, 0.717) is 12.8 Å². The Labute approximate surface area is 53.9 Å². The van der Waals surface area contributed by atoms with Crippen molar-refractivity contribution >= 4 is 12.6 Å². The van der Waals surface area contributed by atoms with Gasteiger partial charge in [-0.05, 0) is 12.8 Å². The van der Waals surface area contributed by atoms with Crippen LogP contribution in [0.15, 0.2) is 0 Å². The van der Waals surface area contributed by atoms with E-state index in [0.717, 1.165) is 0 Å². The van der Waals surface area contributed by atoms with Crippen LogP contribution in [-0.4, -0.2) is 27.7 Å². The molecule has 3 heteroatoms. The second-order valence-corrected chi connectivity index (χ2v) is 2.99. The molecule has 1 fully saturated rings. The van der Waals surface area contributed by atoms with Crippen LogP contribution in [0.3, 0.4) is 0 Å². The second kappa shape index (κ2) is 2.25. The van der Waals surface area contributed by atoms with Gasteiger partial charge in [-0.2, -0.15) is 12.6 Å². The quantitative estimate of drug-likeness (QED) is 0.402. The largest absolute Gasteiger partial charge is 0.390 e. The molecular formula is C5H10O2S. The number of thiol groups is 1. The van der Waals surface area contributed by atoms with Gasteiger partial charge in [0.15, 0.2) is 0 Å². The van der Waals surface area contributed by atoms with E-state index in [9.17, 15) is 0 Å². The zero-order chi connectivity index (χ0) is 6.15. The number of aliphatic hydroxyl groups excluding tert-OH is 2. The summed E-state index contributed by atoms with van der Waals surface area (Å²) in [5.41, 5.74) is 0. The van der Waals surface area contributed by atoms with E-state index in [1.54, 1.807) is 0 Å². The fourth-order valence-corrected chi connectivity index (χ4v) is 1.40. The lowest BCUT2D eigenvalue weighted by Gasteiger charge is -2.03. The van der Waals surface area contributed by atoms with Gasteiger partial charge in [0.05, 0.1) is 12.2 Å². The zero-order valence-corrected chi connectivity index (χ0v) is 5.38. The van der Waals surface area contributed by atoms with Gasteiger partial charge in [0, 0.05) is 5.25 Å². The van der Waals surface area contributed by atoms with E-state index in [-0.39, 0.29) is 5.25 Å². The summed E-state index contributed by atoms with van der Waals surface area (Å²) in [5, 5.41) is 17.9. The Balaban J connectivity index is 2.39. The highest BCUT2D eigenvalue weighted by Crippen LogP contribution is 2.23. The maximum absolute atomic E-state index is 8.87. The molecular weight excluding hydrogens is 124 g/mol. The predicted molar refractivity (Wildman–Crippen MR) is 34.0 cm³/mol. The van der Waals surface area contributed by atoms with Crippen LogP contribution in [0.1, 0.15) is 12.8 Å². The van der Waals surface area contributed by atoms with Crippen molar-refractivity contribution in [2.75, 3.05) is 0 Å². The summed E-state index contributed by atoms with van der Waals surface area (Å²) < 4.78 is 0. The molecule has 1 aliphatic rings. The van der Waals surface area contributed by atoms with Gasteiger partial charge < -0.3 is 10.2 Å². The van der Waals surface area contributed by atoms with Crippen LogP contribution in [0.25, 0.3) is 0 Å². The third-order valence-electron chi connectivity index (χ3n) is 1.47. The molecule has 0 heterocycles. The summed E-state index contributed by atoms with van der Waals surface area (Å²) in [6, 6.07) is 0. The Morgan fingerprint density at radius 1 is 1.12 bits per heavy atom. The van der Waals surface area contributed by atoms with Gasteiger partial charge in [0.1, 0.15) is 0 Å². The molecule has 0 aromatic rings. The van der Waals surface area contributed by atoms with Gasteiger partial charge in [-0.1, -0.05) is 0 Å². The van der Waals surface area contributed by atoms with Crippen molar-refractivity contribution in [3.63, 3.8) is 0 Å². The Kier molecular flexibility index (Phi) is 1.80. The number of hydrogen-bond acceptors (Lipinski definition) is 3. The SMILES string of the molecule is O[C@@H]1CC(S)C[C@H]1O. The van der Waals surface area contributed by atoms with Crippen molar-refractivity contribution in [3.8, 4) is 0 Å². The van der Waals surface area contributed by atoms with Gasteiger partial charge >= 0.3 is 0 Å². The normalized spacial score (nSPS) is 40.9. The average molecular weight is 134 g/mol. The molecule has 2 atom stereocenters. The molecule has 1 saturated carbocycles. The molecule has 0 unspecified atom stereocenters. The summed E-state index contributed by atoms with van der Waals surface area (Å²) >= 11 is 4.09. The molecule has 0 bridgehead atoms. The van der Waals surface area contributed by atoms with E-state index in [1.807, 2.05) is 0 Å². The molecule has 0 aromatic heterocycles. The van der Waals surface area contributed by atoms with E-state index in [2.05, 4.69) is 12.6 Å². The highest BCUT2D eigenvalue weighted by atomic mass is 32.1. The maximum atomic E-state index is 8.87. The van der Waals surface area contributed by atoms with Crippen molar-refractivity contribution in [1.29, 1.82) is 0 Å². The summed E-state index contributed by atoms with van der Waals surface area (Å²) in [6.07, 6.45) is 0.198. The third kappa shape index (κ3) is 1.16. The first kappa shape index (κ1) is 6.39. The molecule has 0 saturated heterocycles. The first-order chi connectivity index (χ1) is 3.70. The topological polar surface area (TPSA) is 40.5 Å². The molecule has 1 rings (SSSR count). The van der Waals surface area contributed by atoms with E-state index < -0.39 is 12.2 Å². The fraction of sp³-hybridized carbons (Fsp3) is 1.00. The Morgan fingerprint density at radius 3 is 1.62 bits per heavy atom. The molecule has 1 aliphatic carbocycles. The summed E-state index contributed by atoms with van der Waals surface area (Å²) in [5.74, 6) is 0. The van der Waals surface area contributed by atoms with Crippen molar-refractivity contribution < 1.29 is 10.2 Å². The monoisotopic (exact) mass is 134 g/mol. The van der Waals surface area contributed by atoms with Crippen molar-refractivity contribution in [1.82, 2.24) is 0 Å². The number of aliphatic hydroxyl groups is 2. The highest BCUT2D eigenvalue weighted by molar-refractivity contribution is 7.81. The second-order valence-electron chi connectivity index (χ2n) is 2.26. The van der Waals surface area contributed by atoms with Crippen LogP contribution in [0, 0.1) is 0 Å². The van der Waals surface area contributed by atoms with Crippen molar-refractivity contribution in [2.24, 2.45) is 0 Å². The Hall–Kier alpha value is 0.270. The van der Waals surface area contributed by atoms with Gasteiger partial charge in [-0.3, -0.25) is 0 Å². The van der Waals surface area contributed by atoms with E-state index >= 15 is 0 Å². The lowest BCUT2D eigenvalue weighted by molar-refractivity contribution is 0.0438. The first-order valence-corrected chi connectivity index (χ1v) is 3.26. The van der Waals surface area contributed by atoms with E-state index in [1.165, 1.54) is 0 Å². The van der Waals surface area contributed by atoms with Gasteiger partial charge in [0.2, 0.25) is 0 Å². The van der Waals surface area contributed by atoms with Crippen LogP contribution in [0.4, 0.5) is 0 Å². The summed E-state index contributed by atoms with van der Waals surface area (Å²) in [6.45, 7) is 0. The van der Waals surface area contributed by atoms with Crippen molar-refractivity contribution in [2.45, 2.75) is 30.3 Å². The molecule has 8 heavy (non-hydrogen) atoms. The summed E-state index contributed by atoms with van der Waals surface area (Å²) in [4.78, 5) is 0. The van der Waals surface area contributed by atoms with E-state index in [4.69, 9.17) is 10.2 Å². The van der Waals surface area contributed by atoms with Gasteiger partial charge in [0.25, 0.3) is 0 Å². The van der Waals surface area contributed by atoms with Crippen LogP contribution < -0.4 is 0 Å². The Bertz CT molecular complexity index is 76.5. The highest BCUT2D eigenvalue weighted by Gasteiger charge is 2.28. The van der Waals surface area contributed by atoms with Gasteiger partial charge in [-0.15, -0.1) is 0 Å². The predicted octanol–water partition coefficient (Wildman–Crippen LogP) is -0.200. The standard InChI is InChI=1S/C5H10O2S/c6-4-1-3(8)2-5(4)7/h3-8H,1-2H2/t4-,5-/m1/s1. The molecule has 0 aliphatic heterocycles. The minimum Gasteiger partial charge on any atom is -0.390 e. The molecule has 48 valence electrons. The number of rotatable bonds is 0. The smallest absolute Gasteiger partial charge is 0.0810 e. The zero-order valence-electron chi connectivity index (χ0n) is 4.49. The minimum atomic E-state index is -0.530. The molecule has 0 spiro atoms. The summed E-state index contributed by atoms with van der Waals surface area (Å²) in [7, 11) is 0. The minimum absolute atomic E-state index is 0.194. The average Bonchev–Trinajstić information content (AvgIpc) is 1.85. The number of hydrogen-bond donors (Lipinski definition) is 3. The van der Waals surface area contributed by atoms with Crippen LogP contribution in [0.2, 0.25) is 0 Å². The fourth-order valence-electron chi connectivity index (χ4n) is 0.968. The lowest BCUT2D eigenvalue weighted by atomic mass is 10.3. The van der Waals surface area contributed by atoms with Crippen LogP contribution in [-0.2, 0) is 0 Å². The molecule has 2 N–H and O–H groups in total. The maximum Gasteiger partial charge on any atom is 0.0810 e. The molecule has 0 amide bonds.